The molecule has 96 valence electrons. The van der Waals surface area contributed by atoms with Crippen LogP contribution in [0.1, 0.15) is 39.0 Å². The number of fused-ring (bicyclic) bond motifs is 1. The van der Waals surface area contributed by atoms with Gasteiger partial charge in [0.05, 0.1) is 19.1 Å². The molecule has 0 aliphatic carbocycles. The summed E-state index contributed by atoms with van der Waals surface area (Å²) in [7, 11) is 0. The molecule has 0 aromatic carbocycles. The van der Waals surface area contributed by atoms with Gasteiger partial charge in [0.15, 0.2) is 0 Å². The van der Waals surface area contributed by atoms with E-state index in [4.69, 9.17) is 4.74 Å². The molecule has 2 aliphatic heterocycles. The van der Waals surface area contributed by atoms with Crippen LogP contribution in [0.25, 0.3) is 0 Å². The number of piperidine rings is 2. The number of quaternary nitrogens is 1. The lowest BCUT2D eigenvalue weighted by molar-refractivity contribution is -0.940. The van der Waals surface area contributed by atoms with Crippen molar-refractivity contribution in [2.75, 3.05) is 19.7 Å². The summed E-state index contributed by atoms with van der Waals surface area (Å²) in [5.74, 6) is 0.406. The molecule has 1 N–H and O–H groups in total. The van der Waals surface area contributed by atoms with Crippen molar-refractivity contribution in [1.82, 2.24) is 0 Å². The van der Waals surface area contributed by atoms with Crippen LogP contribution < -0.4 is 4.90 Å². The van der Waals surface area contributed by atoms with Gasteiger partial charge in [-0.05, 0) is 39.0 Å². The van der Waals surface area contributed by atoms with Gasteiger partial charge in [-0.25, -0.2) is 4.79 Å². The SMILES string of the molecule is CC=CC(=O)OCC1CCC[NH+]2CCCCC12. The monoisotopic (exact) mass is 238 g/mol. The Bertz CT molecular complexity index is 286. The van der Waals surface area contributed by atoms with Gasteiger partial charge < -0.3 is 9.64 Å². The van der Waals surface area contributed by atoms with Crippen LogP contribution in [-0.4, -0.2) is 31.7 Å². The number of carbonyl (C=O) groups excluding carboxylic acids is 1. The van der Waals surface area contributed by atoms with Gasteiger partial charge in [0.2, 0.25) is 0 Å². The summed E-state index contributed by atoms with van der Waals surface area (Å²) in [6, 6.07) is 0.746. The van der Waals surface area contributed by atoms with E-state index in [9.17, 15) is 4.79 Å². The standard InChI is InChI=1S/C14H23NO2/c1-2-6-14(16)17-11-12-7-5-10-15-9-4-3-8-13(12)15/h2,6,12-13H,3-5,7-11H2,1H3/p+1. The Morgan fingerprint density at radius 1 is 1.29 bits per heavy atom. The highest BCUT2D eigenvalue weighted by Gasteiger charge is 2.36. The second-order valence-electron chi connectivity index (χ2n) is 5.29. The number of hydrogen-bond acceptors (Lipinski definition) is 2. The predicted octanol–water partition coefficient (Wildman–Crippen LogP) is 0.953. The van der Waals surface area contributed by atoms with Crippen LogP contribution in [0.3, 0.4) is 0 Å². The minimum Gasteiger partial charge on any atom is -0.462 e. The summed E-state index contributed by atoms with van der Waals surface area (Å²) in [5, 5.41) is 0. The van der Waals surface area contributed by atoms with Gasteiger partial charge in [-0.1, -0.05) is 6.08 Å². The minimum atomic E-state index is -0.185. The lowest BCUT2D eigenvalue weighted by Crippen LogP contribution is -3.18. The molecule has 17 heavy (non-hydrogen) atoms. The maximum atomic E-state index is 11.3. The van der Waals surface area contributed by atoms with Gasteiger partial charge >= 0.3 is 5.97 Å². The summed E-state index contributed by atoms with van der Waals surface area (Å²) in [6.45, 7) is 5.11. The summed E-state index contributed by atoms with van der Waals surface area (Å²) in [4.78, 5) is 13.1. The van der Waals surface area contributed by atoms with E-state index in [1.165, 1.54) is 51.3 Å². The van der Waals surface area contributed by atoms with Gasteiger partial charge in [-0.15, -0.1) is 0 Å². The third-order valence-electron chi connectivity index (χ3n) is 4.17. The highest BCUT2D eigenvalue weighted by Crippen LogP contribution is 2.20. The molecule has 2 fully saturated rings. The molecule has 0 saturated carbocycles. The Labute approximate surface area is 104 Å². The summed E-state index contributed by atoms with van der Waals surface area (Å²) in [5.41, 5.74) is 0. The molecule has 0 spiro atoms. The fraction of sp³-hybridized carbons (Fsp3) is 0.786. The van der Waals surface area contributed by atoms with Crippen molar-refractivity contribution >= 4 is 5.97 Å². The Morgan fingerprint density at radius 3 is 2.94 bits per heavy atom. The van der Waals surface area contributed by atoms with Crippen LogP contribution in [-0.2, 0) is 9.53 Å². The third kappa shape index (κ3) is 3.32. The number of esters is 1. The van der Waals surface area contributed by atoms with Gasteiger partial charge in [0.25, 0.3) is 0 Å². The van der Waals surface area contributed by atoms with Gasteiger partial charge in [0.1, 0.15) is 6.61 Å². The zero-order chi connectivity index (χ0) is 12.1. The quantitative estimate of drug-likeness (QED) is 0.586. The van der Waals surface area contributed by atoms with E-state index in [2.05, 4.69) is 0 Å². The van der Waals surface area contributed by atoms with Crippen LogP contribution in [0, 0.1) is 5.92 Å². The Kier molecular flexibility index (Phi) is 4.60. The van der Waals surface area contributed by atoms with Crippen LogP contribution in [0.4, 0.5) is 0 Å². The largest absolute Gasteiger partial charge is 0.462 e. The van der Waals surface area contributed by atoms with Crippen LogP contribution in [0.15, 0.2) is 12.2 Å². The van der Waals surface area contributed by atoms with Crippen molar-refractivity contribution in [1.29, 1.82) is 0 Å². The van der Waals surface area contributed by atoms with E-state index >= 15 is 0 Å². The molecule has 2 saturated heterocycles. The first-order valence-corrected chi connectivity index (χ1v) is 6.95. The summed E-state index contributed by atoms with van der Waals surface area (Å²) >= 11 is 0. The molecular weight excluding hydrogens is 214 g/mol. The lowest BCUT2D eigenvalue weighted by atomic mass is 9.84. The van der Waals surface area contributed by atoms with Crippen LogP contribution >= 0.6 is 0 Å². The van der Waals surface area contributed by atoms with Crippen LogP contribution in [0.5, 0.6) is 0 Å². The number of carbonyl (C=O) groups is 1. The first kappa shape index (κ1) is 12.6. The molecule has 0 amide bonds. The normalized spacial score (nSPS) is 33.4. The average Bonchev–Trinajstić information content (AvgIpc) is 2.36. The van der Waals surface area contributed by atoms with Gasteiger partial charge in [0, 0.05) is 12.0 Å². The molecule has 3 unspecified atom stereocenters. The van der Waals surface area contributed by atoms with E-state index in [0.29, 0.717) is 12.5 Å². The molecule has 2 aliphatic rings. The van der Waals surface area contributed by atoms with Crippen molar-refractivity contribution in [3.8, 4) is 0 Å². The molecule has 2 heterocycles. The van der Waals surface area contributed by atoms with Gasteiger partial charge in [-0.2, -0.15) is 0 Å². The smallest absolute Gasteiger partial charge is 0.330 e. The summed E-state index contributed by atoms with van der Waals surface area (Å²) < 4.78 is 5.33. The first-order chi connectivity index (χ1) is 8.31. The van der Waals surface area contributed by atoms with E-state index in [1.54, 1.807) is 11.0 Å². The molecule has 3 nitrogen and oxygen atoms in total. The Hall–Kier alpha value is -0.830. The zero-order valence-electron chi connectivity index (χ0n) is 10.8. The maximum absolute atomic E-state index is 11.3. The van der Waals surface area contributed by atoms with E-state index in [-0.39, 0.29) is 5.97 Å². The van der Waals surface area contributed by atoms with Crippen molar-refractivity contribution in [3.05, 3.63) is 12.2 Å². The van der Waals surface area contributed by atoms with Crippen molar-refractivity contribution < 1.29 is 14.4 Å². The molecule has 2 rings (SSSR count). The van der Waals surface area contributed by atoms with Crippen molar-refractivity contribution in [2.45, 2.75) is 45.1 Å². The molecule has 0 aromatic rings. The van der Waals surface area contributed by atoms with E-state index in [1.807, 2.05) is 6.92 Å². The van der Waals surface area contributed by atoms with Crippen molar-refractivity contribution in [2.24, 2.45) is 5.92 Å². The summed E-state index contributed by atoms with van der Waals surface area (Å²) in [6.07, 6.45) is 9.82. The first-order valence-electron chi connectivity index (χ1n) is 6.95. The predicted molar refractivity (Wildman–Crippen MR) is 66.8 cm³/mol. The lowest BCUT2D eigenvalue weighted by Gasteiger charge is -2.40. The number of rotatable bonds is 3. The number of nitrogens with one attached hydrogen (secondary N) is 1. The molecule has 0 radical (unpaired) electrons. The fourth-order valence-corrected chi connectivity index (χ4v) is 3.35. The highest BCUT2D eigenvalue weighted by molar-refractivity contribution is 5.81. The third-order valence-corrected chi connectivity index (χ3v) is 4.17. The Morgan fingerprint density at radius 2 is 2.12 bits per heavy atom. The topological polar surface area (TPSA) is 30.7 Å². The molecule has 0 bridgehead atoms. The molecule has 3 atom stereocenters. The second-order valence-corrected chi connectivity index (χ2v) is 5.29. The van der Waals surface area contributed by atoms with Gasteiger partial charge in [-0.3, -0.25) is 0 Å². The maximum Gasteiger partial charge on any atom is 0.330 e. The fourth-order valence-electron chi connectivity index (χ4n) is 3.35. The second kappa shape index (κ2) is 6.20. The zero-order valence-corrected chi connectivity index (χ0v) is 10.8. The number of hydrogen-bond donors (Lipinski definition) is 1. The average molecular weight is 238 g/mol. The minimum absolute atomic E-state index is 0.185. The molecular formula is C14H24NO2+. The molecule has 3 heteroatoms. The Balaban J connectivity index is 1.84. The highest BCUT2D eigenvalue weighted by atomic mass is 16.5. The number of allylic oxidation sites excluding steroid dienone is 1. The van der Waals surface area contributed by atoms with Crippen LogP contribution in [0.2, 0.25) is 0 Å². The number of ether oxygens (including phenoxy) is 1. The van der Waals surface area contributed by atoms with E-state index in [0.717, 1.165) is 6.04 Å². The van der Waals surface area contributed by atoms with E-state index < -0.39 is 0 Å². The van der Waals surface area contributed by atoms with Crippen molar-refractivity contribution in [3.63, 3.8) is 0 Å². The molecule has 0 aromatic heterocycles.